The molecule has 100 valence electrons. The average Bonchev–Trinajstić information content (AvgIpc) is 2.64. The van der Waals surface area contributed by atoms with Crippen molar-refractivity contribution < 1.29 is 14.5 Å². The Kier molecular flexibility index (Phi) is 3.17. The Bertz CT molecular complexity index is 572. The molecule has 0 bridgehead atoms. The van der Waals surface area contributed by atoms with Gasteiger partial charge in [0.25, 0.3) is 5.69 Å². The van der Waals surface area contributed by atoms with Gasteiger partial charge in [-0.05, 0) is 11.6 Å². The lowest BCUT2D eigenvalue weighted by atomic mass is 10.1. The number of carbonyl (C=O) groups is 2. The monoisotopic (exact) mass is 264 g/mol. The van der Waals surface area contributed by atoms with Crippen LogP contribution < -0.4 is 16.4 Å². The fraction of sp³-hybridized carbons (Fsp3) is 0.273. The minimum absolute atomic E-state index is 0.0288. The van der Waals surface area contributed by atoms with Gasteiger partial charge in [0.1, 0.15) is 6.04 Å². The summed E-state index contributed by atoms with van der Waals surface area (Å²) in [7, 11) is 0. The lowest BCUT2D eigenvalue weighted by Crippen LogP contribution is -2.47. The molecule has 0 aromatic heterocycles. The summed E-state index contributed by atoms with van der Waals surface area (Å²) in [5, 5.41) is 10.7. The first-order valence-electron chi connectivity index (χ1n) is 5.52. The number of primary amides is 1. The summed E-state index contributed by atoms with van der Waals surface area (Å²) >= 11 is 0. The van der Waals surface area contributed by atoms with E-state index in [1.807, 2.05) is 0 Å². The minimum atomic E-state index is -0.968. The van der Waals surface area contributed by atoms with E-state index >= 15 is 0 Å². The van der Waals surface area contributed by atoms with Gasteiger partial charge in [0.05, 0.1) is 17.9 Å². The molecule has 0 fully saturated rings. The van der Waals surface area contributed by atoms with Crippen molar-refractivity contribution >= 4 is 23.2 Å². The van der Waals surface area contributed by atoms with Gasteiger partial charge in [-0.15, -0.1) is 0 Å². The van der Waals surface area contributed by atoms with Crippen LogP contribution in [0.1, 0.15) is 5.56 Å². The van der Waals surface area contributed by atoms with Crippen LogP contribution in [0.5, 0.6) is 0 Å². The minimum Gasteiger partial charge on any atom is -0.368 e. The number of nitrogens with zero attached hydrogens (tertiary/aromatic N) is 2. The second kappa shape index (κ2) is 4.65. The smallest absolute Gasteiger partial charge is 0.269 e. The Morgan fingerprint density at radius 2 is 2.21 bits per heavy atom. The molecule has 1 unspecified atom stereocenters. The SMILES string of the molecule is NC(=O)C(N)CN1C(=O)Cc2cc([N+](=O)[O-])ccc21. The molecule has 0 aliphatic carbocycles. The predicted molar refractivity (Wildman–Crippen MR) is 66.3 cm³/mol. The topological polar surface area (TPSA) is 133 Å². The van der Waals surface area contributed by atoms with E-state index in [1.54, 1.807) is 0 Å². The molecule has 19 heavy (non-hydrogen) atoms. The van der Waals surface area contributed by atoms with Crippen LogP contribution in [0.25, 0.3) is 0 Å². The fourth-order valence-electron chi connectivity index (χ4n) is 1.97. The van der Waals surface area contributed by atoms with Crippen LogP contribution in [-0.2, 0) is 16.0 Å². The van der Waals surface area contributed by atoms with Crippen LogP contribution in [0.3, 0.4) is 0 Å². The molecule has 4 N–H and O–H groups in total. The Morgan fingerprint density at radius 1 is 1.53 bits per heavy atom. The largest absolute Gasteiger partial charge is 0.368 e. The van der Waals surface area contributed by atoms with E-state index in [-0.39, 0.29) is 24.6 Å². The zero-order chi connectivity index (χ0) is 14.2. The number of nitro groups is 1. The van der Waals surface area contributed by atoms with Crippen molar-refractivity contribution in [2.24, 2.45) is 11.5 Å². The summed E-state index contributed by atoms with van der Waals surface area (Å²) in [6.07, 6.45) is 0.0580. The number of anilines is 1. The number of benzene rings is 1. The van der Waals surface area contributed by atoms with Gasteiger partial charge in [0, 0.05) is 17.8 Å². The molecule has 2 rings (SSSR count). The highest BCUT2D eigenvalue weighted by Gasteiger charge is 2.30. The maximum atomic E-state index is 11.8. The van der Waals surface area contributed by atoms with E-state index in [2.05, 4.69) is 0 Å². The summed E-state index contributed by atoms with van der Waals surface area (Å²) in [5.41, 5.74) is 11.6. The molecule has 1 aliphatic rings. The Hall–Kier alpha value is -2.48. The summed E-state index contributed by atoms with van der Waals surface area (Å²) < 4.78 is 0. The molecule has 1 aromatic carbocycles. The first kappa shape index (κ1) is 13.0. The van der Waals surface area contributed by atoms with E-state index in [0.717, 1.165) is 0 Å². The zero-order valence-electron chi connectivity index (χ0n) is 9.91. The molecular formula is C11H12N4O4. The van der Waals surface area contributed by atoms with Gasteiger partial charge in [-0.2, -0.15) is 0 Å². The van der Waals surface area contributed by atoms with Gasteiger partial charge < -0.3 is 16.4 Å². The summed E-state index contributed by atoms with van der Waals surface area (Å²) in [6, 6.07) is 3.17. The molecule has 1 aromatic rings. The van der Waals surface area contributed by atoms with Crippen molar-refractivity contribution in [1.29, 1.82) is 0 Å². The van der Waals surface area contributed by atoms with Crippen molar-refractivity contribution in [3.63, 3.8) is 0 Å². The van der Waals surface area contributed by atoms with Crippen molar-refractivity contribution in [3.8, 4) is 0 Å². The maximum Gasteiger partial charge on any atom is 0.269 e. The number of carbonyl (C=O) groups excluding carboxylic acids is 2. The molecule has 0 saturated heterocycles. The van der Waals surface area contributed by atoms with Crippen LogP contribution in [0.4, 0.5) is 11.4 Å². The number of nitro benzene ring substituents is 1. The van der Waals surface area contributed by atoms with E-state index < -0.39 is 16.9 Å². The molecule has 0 radical (unpaired) electrons. The van der Waals surface area contributed by atoms with Crippen molar-refractivity contribution in [1.82, 2.24) is 0 Å². The summed E-state index contributed by atoms with van der Waals surface area (Å²) in [5.74, 6) is -0.963. The van der Waals surface area contributed by atoms with Crippen LogP contribution >= 0.6 is 0 Å². The van der Waals surface area contributed by atoms with Crippen LogP contribution in [0, 0.1) is 10.1 Å². The van der Waals surface area contributed by atoms with E-state index in [4.69, 9.17) is 11.5 Å². The Labute approximate surface area is 108 Å². The summed E-state index contributed by atoms with van der Waals surface area (Å²) in [4.78, 5) is 34.2. The lowest BCUT2D eigenvalue weighted by molar-refractivity contribution is -0.384. The first-order valence-corrected chi connectivity index (χ1v) is 5.52. The van der Waals surface area contributed by atoms with Crippen molar-refractivity contribution in [3.05, 3.63) is 33.9 Å². The van der Waals surface area contributed by atoms with Gasteiger partial charge in [-0.3, -0.25) is 19.7 Å². The van der Waals surface area contributed by atoms with Crippen LogP contribution in [-0.4, -0.2) is 29.3 Å². The average molecular weight is 264 g/mol. The van der Waals surface area contributed by atoms with E-state index in [1.165, 1.54) is 23.1 Å². The number of hydrogen-bond acceptors (Lipinski definition) is 5. The van der Waals surface area contributed by atoms with Crippen molar-refractivity contribution in [2.45, 2.75) is 12.5 Å². The highest BCUT2D eigenvalue weighted by molar-refractivity contribution is 6.02. The molecule has 1 aliphatic heterocycles. The highest BCUT2D eigenvalue weighted by atomic mass is 16.6. The Balaban J connectivity index is 2.29. The van der Waals surface area contributed by atoms with E-state index in [0.29, 0.717) is 11.3 Å². The number of amides is 2. The zero-order valence-corrected chi connectivity index (χ0v) is 9.91. The highest BCUT2D eigenvalue weighted by Crippen LogP contribution is 2.31. The third-order valence-electron chi connectivity index (χ3n) is 2.95. The van der Waals surface area contributed by atoms with Crippen LogP contribution in [0.15, 0.2) is 18.2 Å². The fourth-order valence-corrected chi connectivity index (χ4v) is 1.97. The maximum absolute atomic E-state index is 11.8. The van der Waals surface area contributed by atoms with Gasteiger partial charge in [0.2, 0.25) is 11.8 Å². The van der Waals surface area contributed by atoms with Crippen molar-refractivity contribution in [2.75, 3.05) is 11.4 Å². The predicted octanol–water partition coefficient (Wildman–Crippen LogP) is -0.703. The van der Waals surface area contributed by atoms with Gasteiger partial charge in [-0.1, -0.05) is 0 Å². The molecule has 0 spiro atoms. The Morgan fingerprint density at radius 3 is 2.79 bits per heavy atom. The first-order chi connectivity index (χ1) is 8.90. The number of nitrogens with two attached hydrogens (primary N) is 2. The van der Waals surface area contributed by atoms with E-state index in [9.17, 15) is 19.7 Å². The molecule has 8 nitrogen and oxygen atoms in total. The van der Waals surface area contributed by atoms with Gasteiger partial charge >= 0.3 is 0 Å². The lowest BCUT2D eigenvalue weighted by Gasteiger charge is -2.19. The molecule has 1 atom stereocenters. The molecular weight excluding hydrogens is 252 g/mol. The molecule has 8 heteroatoms. The normalized spacial score (nSPS) is 15.2. The van der Waals surface area contributed by atoms with Crippen LogP contribution in [0.2, 0.25) is 0 Å². The third kappa shape index (κ3) is 2.38. The number of non-ortho nitro benzene ring substituents is 1. The number of fused-ring (bicyclic) bond motifs is 1. The van der Waals surface area contributed by atoms with Gasteiger partial charge in [-0.25, -0.2) is 0 Å². The summed E-state index contributed by atoms with van der Waals surface area (Å²) in [6.45, 7) is -0.0288. The van der Waals surface area contributed by atoms with Gasteiger partial charge in [0.15, 0.2) is 0 Å². The second-order valence-corrected chi connectivity index (χ2v) is 4.26. The third-order valence-corrected chi connectivity index (χ3v) is 2.95. The number of hydrogen-bond donors (Lipinski definition) is 2. The quantitative estimate of drug-likeness (QED) is 0.547. The molecule has 2 amide bonds. The molecule has 1 heterocycles. The molecule has 0 saturated carbocycles. The standard InChI is InChI=1S/C11H12N4O4/c12-8(11(13)17)5-14-9-2-1-7(15(18)19)3-6(9)4-10(14)16/h1-3,8H,4-5,12H2,(H2,13,17). The number of rotatable bonds is 4. The second-order valence-electron chi connectivity index (χ2n) is 4.26.